The van der Waals surface area contributed by atoms with Crippen LogP contribution in [0.4, 0.5) is 5.82 Å². The van der Waals surface area contributed by atoms with Gasteiger partial charge >= 0.3 is 0 Å². The first-order valence-corrected chi connectivity index (χ1v) is 5.95. The summed E-state index contributed by atoms with van der Waals surface area (Å²) in [5.41, 5.74) is 4.54. The Morgan fingerprint density at radius 1 is 1.50 bits per heavy atom. The lowest BCUT2D eigenvalue weighted by Crippen LogP contribution is -2.44. The van der Waals surface area contributed by atoms with Crippen molar-refractivity contribution in [2.24, 2.45) is 0 Å². The Kier molecular flexibility index (Phi) is 2.83. The van der Waals surface area contributed by atoms with E-state index in [2.05, 4.69) is 20.3 Å². The minimum atomic E-state index is -1.66. The second-order valence-electron chi connectivity index (χ2n) is 4.85. The summed E-state index contributed by atoms with van der Waals surface area (Å²) >= 11 is 0. The number of hydrogen-bond acceptors (Lipinski definition) is 9. The maximum atomic E-state index is 10.4. The Hall–Kier alpha value is -1.88. The molecular formula is C10H14N6O4. The molecule has 0 amide bonds. The summed E-state index contributed by atoms with van der Waals surface area (Å²) in [7, 11) is 0. The largest absolute Gasteiger partial charge is 0.394 e. The standard InChI is InChI=1S/C10H14N6O4/c1-10(19)6(18)4(2-17)20-9(10)16-8-5(14-15-16)7(11)12-3-13-8/h3-4,6,9,17-19H,2H2,1H3,(H2,11,12,13)/t4-,6-,9-,10-/m1/s1. The lowest BCUT2D eigenvalue weighted by Gasteiger charge is -2.26. The summed E-state index contributed by atoms with van der Waals surface area (Å²) in [4.78, 5) is 7.79. The average Bonchev–Trinajstić information content (AvgIpc) is 2.92. The van der Waals surface area contributed by atoms with Crippen molar-refractivity contribution < 1.29 is 20.1 Å². The Balaban J connectivity index is 2.10. The Labute approximate surface area is 112 Å². The molecule has 0 aromatic carbocycles. The first-order valence-electron chi connectivity index (χ1n) is 5.95. The number of rotatable bonds is 2. The van der Waals surface area contributed by atoms with Crippen LogP contribution in [0.1, 0.15) is 13.2 Å². The molecule has 1 aliphatic heterocycles. The lowest BCUT2D eigenvalue weighted by atomic mass is 9.97. The van der Waals surface area contributed by atoms with Crippen molar-refractivity contribution in [3.63, 3.8) is 0 Å². The highest BCUT2D eigenvalue weighted by atomic mass is 16.6. The summed E-state index contributed by atoms with van der Waals surface area (Å²) in [6.07, 6.45) is -2.00. The van der Waals surface area contributed by atoms with Crippen LogP contribution in [0, 0.1) is 0 Å². The Morgan fingerprint density at radius 2 is 2.25 bits per heavy atom. The molecule has 4 atom stereocenters. The minimum absolute atomic E-state index is 0.151. The predicted molar refractivity (Wildman–Crippen MR) is 65.2 cm³/mol. The molecule has 2 aromatic rings. The van der Waals surface area contributed by atoms with Crippen molar-refractivity contribution in [1.82, 2.24) is 25.0 Å². The molecule has 10 heteroatoms. The highest BCUT2D eigenvalue weighted by Gasteiger charge is 2.53. The molecule has 0 unspecified atom stereocenters. The Bertz CT molecular complexity index is 644. The van der Waals surface area contributed by atoms with Crippen LogP contribution in [-0.4, -0.2) is 64.7 Å². The third-order valence-corrected chi connectivity index (χ3v) is 3.45. The molecule has 2 aromatic heterocycles. The van der Waals surface area contributed by atoms with Gasteiger partial charge in [-0.25, -0.2) is 9.97 Å². The highest BCUT2D eigenvalue weighted by molar-refractivity contribution is 5.80. The van der Waals surface area contributed by atoms with Gasteiger partial charge in [0, 0.05) is 0 Å². The van der Waals surface area contributed by atoms with Gasteiger partial charge in [-0.15, -0.1) is 5.10 Å². The van der Waals surface area contributed by atoms with E-state index < -0.39 is 30.6 Å². The smallest absolute Gasteiger partial charge is 0.186 e. The maximum Gasteiger partial charge on any atom is 0.186 e. The maximum absolute atomic E-state index is 10.4. The van der Waals surface area contributed by atoms with E-state index >= 15 is 0 Å². The minimum Gasteiger partial charge on any atom is -0.394 e. The normalized spacial score (nSPS) is 33.9. The van der Waals surface area contributed by atoms with Crippen molar-refractivity contribution in [2.75, 3.05) is 12.3 Å². The second-order valence-corrected chi connectivity index (χ2v) is 4.85. The number of nitrogens with zero attached hydrogens (tertiary/aromatic N) is 5. The van der Waals surface area contributed by atoms with Crippen molar-refractivity contribution >= 4 is 17.0 Å². The van der Waals surface area contributed by atoms with Gasteiger partial charge in [-0.2, -0.15) is 4.68 Å². The quantitative estimate of drug-likeness (QED) is 0.480. The van der Waals surface area contributed by atoms with Gasteiger partial charge in [0.1, 0.15) is 24.1 Å². The molecule has 108 valence electrons. The van der Waals surface area contributed by atoms with Crippen molar-refractivity contribution in [1.29, 1.82) is 0 Å². The number of anilines is 1. The van der Waals surface area contributed by atoms with Gasteiger partial charge in [-0.05, 0) is 6.92 Å². The second kappa shape index (κ2) is 4.31. The van der Waals surface area contributed by atoms with Crippen LogP contribution in [0.3, 0.4) is 0 Å². The molecule has 3 rings (SSSR count). The zero-order valence-corrected chi connectivity index (χ0v) is 10.6. The molecule has 1 saturated heterocycles. The zero-order valence-electron chi connectivity index (χ0n) is 10.6. The number of ether oxygens (including phenoxy) is 1. The fourth-order valence-corrected chi connectivity index (χ4v) is 2.29. The van der Waals surface area contributed by atoms with Crippen molar-refractivity contribution in [2.45, 2.75) is 31.0 Å². The first kappa shape index (κ1) is 13.1. The van der Waals surface area contributed by atoms with Crippen LogP contribution >= 0.6 is 0 Å². The van der Waals surface area contributed by atoms with E-state index in [1.165, 1.54) is 17.9 Å². The molecule has 1 aliphatic rings. The number of aliphatic hydroxyl groups excluding tert-OH is 2. The van der Waals surface area contributed by atoms with E-state index in [4.69, 9.17) is 15.6 Å². The topological polar surface area (TPSA) is 152 Å². The highest BCUT2D eigenvalue weighted by Crippen LogP contribution is 2.38. The average molecular weight is 282 g/mol. The monoisotopic (exact) mass is 282 g/mol. The fraction of sp³-hybridized carbons (Fsp3) is 0.600. The third-order valence-electron chi connectivity index (χ3n) is 3.45. The lowest BCUT2D eigenvalue weighted by molar-refractivity contribution is -0.101. The summed E-state index contributed by atoms with van der Waals surface area (Å²) in [5, 5.41) is 37.2. The van der Waals surface area contributed by atoms with Gasteiger partial charge < -0.3 is 25.8 Å². The number of hydrogen-bond donors (Lipinski definition) is 4. The number of nitrogen functional groups attached to an aromatic ring is 1. The number of fused-ring (bicyclic) bond motifs is 1. The molecule has 3 heterocycles. The van der Waals surface area contributed by atoms with E-state index in [1.54, 1.807) is 0 Å². The van der Waals surface area contributed by atoms with Crippen LogP contribution in [0.5, 0.6) is 0 Å². The molecule has 0 aliphatic carbocycles. The van der Waals surface area contributed by atoms with E-state index in [9.17, 15) is 10.2 Å². The summed E-state index contributed by atoms with van der Waals surface area (Å²) in [6, 6.07) is 0. The molecule has 0 saturated carbocycles. The van der Waals surface area contributed by atoms with Gasteiger partial charge in [0.15, 0.2) is 23.2 Å². The van der Waals surface area contributed by atoms with E-state index in [-0.39, 0.29) is 17.0 Å². The van der Waals surface area contributed by atoms with Crippen molar-refractivity contribution in [3.05, 3.63) is 6.33 Å². The number of nitrogens with two attached hydrogens (primary N) is 1. The van der Waals surface area contributed by atoms with Crippen LogP contribution in [-0.2, 0) is 4.74 Å². The van der Waals surface area contributed by atoms with E-state index in [1.807, 2.05) is 0 Å². The molecule has 0 spiro atoms. The van der Waals surface area contributed by atoms with Gasteiger partial charge in [-0.3, -0.25) is 0 Å². The number of aromatic nitrogens is 5. The predicted octanol–water partition coefficient (Wildman–Crippen LogP) is -2.19. The molecule has 0 bridgehead atoms. The van der Waals surface area contributed by atoms with Gasteiger partial charge in [0.2, 0.25) is 0 Å². The number of aliphatic hydroxyl groups is 3. The van der Waals surface area contributed by atoms with Gasteiger partial charge in [-0.1, -0.05) is 5.21 Å². The van der Waals surface area contributed by atoms with Crippen molar-refractivity contribution in [3.8, 4) is 0 Å². The van der Waals surface area contributed by atoms with Crippen LogP contribution in [0.2, 0.25) is 0 Å². The molecule has 10 nitrogen and oxygen atoms in total. The zero-order chi connectivity index (χ0) is 14.5. The summed E-state index contributed by atoms with van der Waals surface area (Å²) < 4.78 is 6.65. The first-order chi connectivity index (χ1) is 9.46. The third kappa shape index (κ3) is 1.66. The van der Waals surface area contributed by atoms with Gasteiger partial charge in [0.05, 0.1) is 6.61 Å². The molecule has 0 radical (unpaired) electrons. The fourth-order valence-electron chi connectivity index (χ4n) is 2.29. The van der Waals surface area contributed by atoms with Crippen LogP contribution in [0.15, 0.2) is 6.33 Å². The SMILES string of the molecule is C[C@@]1(O)[C@H](O)[C@@H](CO)O[C@H]1n1nnc2c(N)ncnc21. The molecular weight excluding hydrogens is 268 g/mol. The molecule has 5 N–H and O–H groups in total. The van der Waals surface area contributed by atoms with Gasteiger partial charge in [0.25, 0.3) is 0 Å². The van der Waals surface area contributed by atoms with E-state index in [0.717, 1.165) is 0 Å². The van der Waals surface area contributed by atoms with Crippen LogP contribution in [0.25, 0.3) is 11.2 Å². The van der Waals surface area contributed by atoms with Crippen LogP contribution < -0.4 is 5.73 Å². The molecule has 1 fully saturated rings. The summed E-state index contributed by atoms with van der Waals surface area (Å²) in [6.45, 7) is 0.952. The summed E-state index contributed by atoms with van der Waals surface area (Å²) in [5.74, 6) is 0.151. The Morgan fingerprint density at radius 3 is 2.90 bits per heavy atom. The molecule has 20 heavy (non-hydrogen) atoms. The van der Waals surface area contributed by atoms with E-state index in [0.29, 0.717) is 0 Å².